The molecule has 1 unspecified atom stereocenters. The number of hydrogen-bond acceptors (Lipinski definition) is 11. The van der Waals surface area contributed by atoms with Crippen LogP contribution in [0, 0.1) is 16.7 Å². The predicted molar refractivity (Wildman–Crippen MR) is 146 cm³/mol. The fourth-order valence-electron chi connectivity index (χ4n) is 8.13. The number of carbonyl (C=O) groups excluding carboxylic acids is 3. The van der Waals surface area contributed by atoms with Crippen molar-refractivity contribution in [2.45, 2.75) is 102 Å². The largest absolute Gasteiger partial charge is 0.455 e. The van der Waals surface area contributed by atoms with Crippen molar-refractivity contribution in [2.75, 3.05) is 6.61 Å². The lowest BCUT2D eigenvalue weighted by molar-refractivity contribution is -0.365. The number of rotatable bonds is 5. The van der Waals surface area contributed by atoms with Crippen molar-refractivity contribution in [1.82, 2.24) is 0 Å². The van der Waals surface area contributed by atoms with Crippen LogP contribution in [0.15, 0.2) is 41.5 Å². The lowest BCUT2D eigenvalue weighted by atomic mass is 9.44. The minimum atomic E-state index is -2.08. The number of ether oxygens (including phenoxy) is 4. The number of esters is 3. The van der Waals surface area contributed by atoms with Crippen LogP contribution in [-0.2, 0) is 28.5 Å². The standard InChI is InChI=1S/C31H40O11/c1-15-19(34)13-31(38)26(41-27(37)18-10-8-7-9-11-18)24-29(6,20(35)12-21-30(24,14-39-21)42-17(3)33)25(36)23(40-16(2)32)22(15)28(31,4)5/h7-11,19-21,23-26,34-36,38H,12-14H2,1-6H3/t19-,20-,21+,23+,24?,25+,26-,29+,30-,31+/m0/s1/i35T. The molecule has 42 heavy (non-hydrogen) atoms. The molecule has 11 heteroatoms. The van der Waals surface area contributed by atoms with Crippen molar-refractivity contribution < 1.29 is 53.8 Å². The van der Waals surface area contributed by atoms with Gasteiger partial charge in [0.2, 0.25) is 1.43 Å². The van der Waals surface area contributed by atoms with Crippen LogP contribution < -0.4 is 0 Å². The van der Waals surface area contributed by atoms with Crippen LogP contribution in [0.4, 0.5) is 0 Å². The minimum absolute atomic E-state index is 0.00938. The summed E-state index contributed by atoms with van der Waals surface area (Å²) in [7, 11) is 0. The Kier molecular flexibility index (Phi) is 7.05. The number of fused-ring (bicyclic) bond motifs is 5. The zero-order valence-electron chi connectivity index (χ0n) is 25.7. The van der Waals surface area contributed by atoms with Crippen LogP contribution >= 0.6 is 0 Å². The van der Waals surface area contributed by atoms with Gasteiger partial charge in [0.15, 0.2) is 11.7 Å². The summed E-state index contributed by atoms with van der Waals surface area (Å²) in [6.07, 6.45) is -8.10. The normalized spacial score (nSPS) is 42.4. The van der Waals surface area contributed by atoms with E-state index in [1.165, 1.54) is 13.8 Å². The van der Waals surface area contributed by atoms with E-state index in [1.54, 1.807) is 58.0 Å². The smallest absolute Gasteiger partial charge is 0.338 e. The average Bonchev–Trinajstić information content (AvgIpc) is 2.92. The Bertz CT molecular complexity index is 1330. The molecule has 5 rings (SSSR count). The van der Waals surface area contributed by atoms with Crippen molar-refractivity contribution in [3.8, 4) is 0 Å². The highest BCUT2D eigenvalue weighted by Gasteiger charge is 2.78. The number of aliphatic hydroxyl groups excluding tert-OH is 3. The van der Waals surface area contributed by atoms with Crippen molar-refractivity contribution in [3.05, 3.63) is 47.0 Å². The zero-order valence-corrected chi connectivity index (χ0v) is 24.7. The van der Waals surface area contributed by atoms with Crippen molar-refractivity contribution in [3.63, 3.8) is 0 Å². The summed E-state index contributed by atoms with van der Waals surface area (Å²) in [6.45, 7) is 8.79. The molecule has 11 nitrogen and oxygen atoms in total. The molecule has 1 aliphatic heterocycles. The molecule has 0 aromatic heterocycles. The Balaban J connectivity index is 1.85. The van der Waals surface area contributed by atoms with E-state index >= 15 is 0 Å². The van der Waals surface area contributed by atoms with Gasteiger partial charge < -0.3 is 39.4 Å². The molecule has 4 N–H and O–H groups in total. The molecule has 0 amide bonds. The van der Waals surface area contributed by atoms with E-state index in [0.29, 0.717) is 5.57 Å². The van der Waals surface area contributed by atoms with E-state index in [4.69, 9.17) is 25.5 Å². The van der Waals surface area contributed by atoms with Gasteiger partial charge >= 0.3 is 17.9 Å². The van der Waals surface area contributed by atoms with Crippen LogP contribution in [0.25, 0.3) is 0 Å². The fraction of sp³-hybridized carbons (Fsp3) is 0.645. The number of hydrogen-bond donors (Lipinski definition) is 4. The van der Waals surface area contributed by atoms with Gasteiger partial charge in [-0.2, -0.15) is 0 Å². The van der Waals surface area contributed by atoms with E-state index in [0.717, 1.165) is 0 Å². The second-order valence-electron chi connectivity index (χ2n) is 12.9. The highest BCUT2D eigenvalue weighted by atomic mass is 16.6. The first-order valence-electron chi connectivity index (χ1n) is 14.6. The number of aliphatic hydroxyl groups is 4. The maximum absolute atomic E-state index is 13.8. The minimum Gasteiger partial charge on any atom is -0.455 e. The highest BCUT2D eigenvalue weighted by Crippen LogP contribution is 2.65. The van der Waals surface area contributed by atoms with Crippen molar-refractivity contribution in [2.24, 2.45) is 16.7 Å². The van der Waals surface area contributed by atoms with Gasteiger partial charge in [-0.15, -0.1) is 0 Å². The molecule has 3 aliphatic carbocycles. The molecule has 3 fully saturated rings. The summed E-state index contributed by atoms with van der Waals surface area (Å²) >= 11 is 0. The predicted octanol–water partition coefficient (Wildman–Crippen LogP) is 1.44. The zero-order chi connectivity index (χ0) is 31.7. The van der Waals surface area contributed by atoms with E-state index < -0.39 is 82.5 Å². The van der Waals surface area contributed by atoms with E-state index in [9.17, 15) is 29.7 Å². The summed E-state index contributed by atoms with van der Waals surface area (Å²) in [6, 6.07) is 8.13. The van der Waals surface area contributed by atoms with Gasteiger partial charge in [-0.1, -0.05) is 39.0 Å². The number of benzene rings is 1. The van der Waals surface area contributed by atoms with Crippen LogP contribution in [0.1, 0.15) is 64.7 Å². The molecule has 1 aromatic carbocycles. The van der Waals surface area contributed by atoms with Gasteiger partial charge in [-0.25, -0.2) is 4.79 Å². The lowest BCUT2D eigenvalue weighted by Crippen LogP contribution is -2.82. The molecular weight excluding hydrogens is 548 g/mol. The Hall–Kier alpha value is -2.83. The molecule has 1 heterocycles. The molecule has 2 saturated carbocycles. The van der Waals surface area contributed by atoms with E-state index in [1.807, 2.05) is 0 Å². The lowest BCUT2D eigenvalue weighted by Gasteiger charge is -2.69. The summed E-state index contributed by atoms with van der Waals surface area (Å²) in [5.41, 5.74) is -5.81. The highest BCUT2D eigenvalue weighted by molar-refractivity contribution is 5.89. The molecule has 230 valence electrons. The van der Waals surface area contributed by atoms with Gasteiger partial charge in [0.05, 0.1) is 30.3 Å². The summed E-state index contributed by atoms with van der Waals surface area (Å²) in [4.78, 5) is 38.9. The maximum Gasteiger partial charge on any atom is 0.338 e. The first kappa shape index (κ1) is 29.3. The molecule has 1 saturated heterocycles. The van der Waals surface area contributed by atoms with E-state index in [-0.39, 0.29) is 30.6 Å². The van der Waals surface area contributed by atoms with Crippen LogP contribution in [0.2, 0.25) is 0 Å². The van der Waals surface area contributed by atoms with Gasteiger partial charge in [0, 0.05) is 37.5 Å². The summed E-state index contributed by atoms with van der Waals surface area (Å²) < 4.78 is 31.9. The number of carbonyl (C=O) groups is 3. The monoisotopic (exact) mass is 590 g/mol. The van der Waals surface area contributed by atoms with Gasteiger partial charge in [0.25, 0.3) is 0 Å². The quantitative estimate of drug-likeness (QED) is 0.222. The maximum atomic E-state index is 13.8. The fourth-order valence-corrected chi connectivity index (χ4v) is 8.13. The first-order valence-corrected chi connectivity index (χ1v) is 14.2. The molecule has 4 aliphatic rings. The Labute approximate surface area is 245 Å². The van der Waals surface area contributed by atoms with Crippen molar-refractivity contribution in [1.29, 1.82) is 1.43 Å². The third-order valence-electron chi connectivity index (χ3n) is 10.4. The van der Waals surface area contributed by atoms with Gasteiger partial charge in [-0.05, 0) is 30.2 Å². The van der Waals surface area contributed by atoms with Gasteiger partial charge in [-0.3, -0.25) is 9.59 Å². The summed E-state index contributed by atoms with van der Waals surface area (Å²) in [5, 5.41) is 41.9. The van der Waals surface area contributed by atoms with Crippen molar-refractivity contribution >= 4 is 17.9 Å². The molecule has 0 radical (unpaired) electrons. The first-order chi connectivity index (χ1) is 20.1. The van der Waals surface area contributed by atoms with Crippen LogP contribution in [0.5, 0.6) is 0 Å². The SMILES string of the molecule is [3H]O[C@H]1C[C@H]2OC[C@@]2(OC(C)=O)C2[C@H](OC(=O)c3ccccc3)[C@]3(O)C[C@H](O)C(C)=C([C@@H](OC(C)=O)[C@@H](O)[C@@]21C)C3(C)C. The Morgan fingerprint density at radius 1 is 1.05 bits per heavy atom. The third kappa shape index (κ3) is 4.16. The Morgan fingerprint density at radius 3 is 2.26 bits per heavy atom. The molecule has 2 bridgehead atoms. The third-order valence-corrected chi connectivity index (χ3v) is 10.4. The average molecular weight is 591 g/mol. The molecular formula is C31H40O11. The topological polar surface area (TPSA) is 169 Å². The summed E-state index contributed by atoms with van der Waals surface area (Å²) in [5.74, 6) is -3.46. The second kappa shape index (κ2) is 10.1. The van der Waals surface area contributed by atoms with Crippen LogP contribution in [-0.4, -0.2) is 94.2 Å². The Morgan fingerprint density at radius 2 is 1.71 bits per heavy atom. The molecule has 1 aromatic rings. The second-order valence-corrected chi connectivity index (χ2v) is 12.9. The molecule has 10 atom stereocenters. The van der Waals surface area contributed by atoms with E-state index in [2.05, 4.69) is 0 Å². The van der Waals surface area contributed by atoms with Gasteiger partial charge in [0.1, 0.15) is 23.9 Å². The molecule has 0 spiro atoms. The van der Waals surface area contributed by atoms with Crippen LogP contribution in [0.3, 0.4) is 0 Å².